The Morgan fingerprint density at radius 2 is 1.33 bits per heavy atom. The van der Waals surface area contributed by atoms with Gasteiger partial charge in [-0.25, -0.2) is 0 Å². The van der Waals surface area contributed by atoms with E-state index in [1.807, 2.05) is 61.5 Å². The Hall–Kier alpha value is -4.88. The topological polar surface area (TPSA) is 127 Å². The van der Waals surface area contributed by atoms with Crippen LogP contribution >= 0.6 is 45.9 Å². The zero-order valence-corrected chi connectivity index (χ0v) is 28.0. The number of amides is 2. The van der Waals surface area contributed by atoms with Crippen LogP contribution in [0.5, 0.6) is 0 Å². The van der Waals surface area contributed by atoms with Gasteiger partial charge in [0.05, 0.1) is 25.9 Å². The predicted octanol–water partition coefficient (Wildman–Crippen LogP) is 10.1. The molecule has 7 rings (SSSR count). The second-order valence-electron chi connectivity index (χ2n) is 11.2. The maximum absolute atomic E-state index is 14.6. The summed E-state index contributed by atoms with van der Waals surface area (Å²) in [6.45, 7) is 1.89. The molecule has 2 amide bonds. The van der Waals surface area contributed by atoms with E-state index in [4.69, 9.17) is 23.2 Å². The van der Waals surface area contributed by atoms with Crippen molar-refractivity contribution in [1.82, 2.24) is 0 Å². The molecule has 10 nitrogen and oxygen atoms in total. The quantitative estimate of drug-likeness (QED) is 0.125. The Morgan fingerprint density at radius 3 is 1.94 bits per heavy atom. The molecule has 0 spiro atoms. The number of hydrogen-bond donors (Lipinski definition) is 0. The van der Waals surface area contributed by atoms with Gasteiger partial charge in [0.15, 0.2) is 0 Å². The molecule has 6 aromatic rings. The normalized spacial score (nSPS) is 15.8. The number of benzene rings is 4. The standard InChI is InChI=1S/C34H22Cl2N4O6S2/c1-18-15-26(38(19-7-3-2-4-8-19)34(42)32-30(36)24-14-12-21(40(45)46)17-28(24)48-32)22-9-5-6-10-25(22)37(18)33(41)31-29(35)23-13-11-20(39(43)44)16-27(23)47-31/h2-14,16-18,26H,15H2,1H3/t18-,26+/m0/s1. The molecule has 0 fully saturated rings. The molecule has 14 heteroatoms. The summed E-state index contributed by atoms with van der Waals surface area (Å²) in [5.41, 5.74) is 1.74. The first kappa shape index (κ1) is 31.7. The van der Waals surface area contributed by atoms with Crippen LogP contribution in [-0.4, -0.2) is 27.7 Å². The molecule has 1 aliphatic heterocycles. The first-order chi connectivity index (χ1) is 23.0. The number of fused-ring (bicyclic) bond motifs is 3. The number of rotatable bonds is 6. The molecule has 3 heterocycles. The van der Waals surface area contributed by atoms with Crippen LogP contribution in [0.4, 0.5) is 22.7 Å². The predicted molar refractivity (Wildman–Crippen MR) is 190 cm³/mol. The van der Waals surface area contributed by atoms with Crippen LogP contribution in [0.1, 0.15) is 44.3 Å². The van der Waals surface area contributed by atoms with Crippen LogP contribution in [0.25, 0.3) is 20.2 Å². The zero-order valence-electron chi connectivity index (χ0n) is 24.8. The summed E-state index contributed by atoms with van der Waals surface area (Å²) in [6.07, 6.45) is 0.353. The molecule has 48 heavy (non-hydrogen) atoms. The van der Waals surface area contributed by atoms with E-state index in [-0.39, 0.29) is 43.0 Å². The van der Waals surface area contributed by atoms with Crippen LogP contribution in [0, 0.1) is 20.2 Å². The van der Waals surface area contributed by atoms with E-state index in [1.165, 1.54) is 24.3 Å². The van der Waals surface area contributed by atoms with Crippen molar-refractivity contribution >= 4 is 101 Å². The third kappa shape index (κ3) is 5.27. The maximum atomic E-state index is 14.6. The monoisotopic (exact) mass is 716 g/mol. The maximum Gasteiger partial charge on any atom is 0.270 e. The molecule has 2 aromatic heterocycles. The number of hydrogen-bond acceptors (Lipinski definition) is 8. The number of carbonyl (C=O) groups excluding carboxylic acids is 2. The molecule has 0 radical (unpaired) electrons. The molecule has 0 unspecified atom stereocenters. The van der Waals surface area contributed by atoms with Crippen molar-refractivity contribution < 1.29 is 19.4 Å². The number of non-ortho nitro benzene ring substituents is 2. The molecule has 0 N–H and O–H groups in total. The number of halogens is 2. The van der Waals surface area contributed by atoms with Crippen molar-refractivity contribution in [1.29, 1.82) is 0 Å². The van der Waals surface area contributed by atoms with Gasteiger partial charge in [0.25, 0.3) is 23.2 Å². The van der Waals surface area contributed by atoms with Crippen LogP contribution < -0.4 is 9.80 Å². The lowest BCUT2D eigenvalue weighted by molar-refractivity contribution is -0.384. The van der Waals surface area contributed by atoms with Crippen molar-refractivity contribution in [3.8, 4) is 0 Å². The molecule has 0 aliphatic carbocycles. The van der Waals surface area contributed by atoms with Crippen molar-refractivity contribution in [2.75, 3.05) is 9.80 Å². The number of nitro benzene ring substituents is 2. The first-order valence-electron chi connectivity index (χ1n) is 14.6. The number of carbonyl (C=O) groups is 2. The summed E-state index contributed by atoms with van der Waals surface area (Å²) in [5.74, 6) is -0.732. The summed E-state index contributed by atoms with van der Waals surface area (Å²) in [6, 6.07) is 24.2. The Kier molecular flexibility index (Phi) is 8.12. The highest BCUT2D eigenvalue weighted by molar-refractivity contribution is 7.22. The van der Waals surface area contributed by atoms with Gasteiger partial charge < -0.3 is 4.90 Å². The van der Waals surface area contributed by atoms with Gasteiger partial charge in [0.2, 0.25) is 0 Å². The van der Waals surface area contributed by atoms with Gasteiger partial charge in [-0.3, -0.25) is 34.7 Å². The largest absolute Gasteiger partial charge is 0.304 e. The zero-order chi connectivity index (χ0) is 33.9. The fourth-order valence-electron chi connectivity index (χ4n) is 6.19. The highest BCUT2D eigenvalue weighted by atomic mass is 35.5. The third-order valence-corrected chi connectivity index (χ3v) is 11.7. The summed E-state index contributed by atoms with van der Waals surface area (Å²) in [5, 5.41) is 24.3. The van der Waals surface area contributed by atoms with Crippen molar-refractivity contribution in [2.45, 2.75) is 25.4 Å². The molecule has 1 aliphatic rings. The summed E-state index contributed by atoms with van der Waals surface area (Å²) in [7, 11) is 0. The number of para-hydroxylation sites is 2. The lowest BCUT2D eigenvalue weighted by atomic mass is 9.89. The Bertz CT molecular complexity index is 2310. The lowest BCUT2D eigenvalue weighted by Gasteiger charge is -2.43. The smallest absolute Gasteiger partial charge is 0.270 e. The van der Waals surface area contributed by atoms with Crippen LogP contribution in [-0.2, 0) is 0 Å². The van der Waals surface area contributed by atoms with Crippen molar-refractivity contribution in [2.24, 2.45) is 0 Å². The molecule has 0 bridgehead atoms. The fraction of sp³-hybridized carbons (Fsp3) is 0.118. The van der Waals surface area contributed by atoms with Gasteiger partial charge in [-0.1, -0.05) is 59.6 Å². The average Bonchev–Trinajstić information content (AvgIpc) is 3.60. The van der Waals surface area contributed by atoms with Crippen LogP contribution in [0.2, 0.25) is 10.0 Å². The van der Waals surface area contributed by atoms with Gasteiger partial charge in [-0.2, -0.15) is 0 Å². The van der Waals surface area contributed by atoms with Crippen LogP contribution in [0.15, 0.2) is 91.0 Å². The van der Waals surface area contributed by atoms with E-state index in [9.17, 15) is 29.8 Å². The van der Waals surface area contributed by atoms with Gasteiger partial charge in [0.1, 0.15) is 9.75 Å². The van der Waals surface area contributed by atoms with E-state index in [1.54, 1.807) is 21.9 Å². The average molecular weight is 718 g/mol. The summed E-state index contributed by atoms with van der Waals surface area (Å²) >= 11 is 15.7. The number of anilines is 2. The molecule has 4 aromatic carbocycles. The number of nitrogens with zero attached hydrogens (tertiary/aromatic N) is 4. The minimum absolute atomic E-state index is 0.0958. The van der Waals surface area contributed by atoms with E-state index in [0.29, 0.717) is 38.0 Å². The molecular weight excluding hydrogens is 695 g/mol. The highest BCUT2D eigenvalue weighted by Gasteiger charge is 2.41. The second kappa shape index (κ2) is 12.3. The molecule has 0 saturated heterocycles. The van der Waals surface area contributed by atoms with E-state index >= 15 is 0 Å². The van der Waals surface area contributed by atoms with Gasteiger partial charge >= 0.3 is 0 Å². The molecule has 2 atom stereocenters. The van der Waals surface area contributed by atoms with E-state index in [2.05, 4.69) is 0 Å². The van der Waals surface area contributed by atoms with Crippen molar-refractivity contribution in [3.05, 3.63) is 137 Å². The first-order valence-corrected chi connectivity index (χ1v) is 17.0. The minimum Gasteiger partial charge on any atom is -0.304 e. The SMILES string of the molecule is C[C@H]1C[C@@H](N(C(=O)c2sc3cc([N+](=O)[O-])ccc3c2Cl)c2ccccc2)c2ccccc2N1C(=O)c1sc2cc([N+](=O)[O-])ccc2c1Cl. The summed E-state index contributed by atoms with van der Waals surface area (Å²) < 4.78 is 1.05. The Labute approximate surface area is 290 Å². The fourth-order valence-corrected chi connectivity index (χ4v) is 9.16. The highest BCUT2D eigenvalue weighted by Crippen LogP contribution is 2.47. The summed E-state index contributed by atoms with van der Waals surface area (Å²) in [4.78, 5) is 54.5. The van der Waals surface area contributed by atoms with Gasteiger partial charge in [-0.15, -0.1) is 22.7 Å². The van der Waals surface area contributed by atoms with Gasteiger partial charge in [0, 0.05) is 61.9 Å². The molecule has 0 saturated carbocycles. The van der Waals surface area contributed by atoms with Crippen molar-refractivity contribution in [3.63, 3.8) is 0 Å². The van der Waals surface area contributed by atoms with E-state index in [0.717, 1.165) is 28.2 Å². The Balaban J connectivity index is 1.32. The number of thiophene rings is 2. The van der Waals surface area contributed by atoms with E-state index < -0.39 is 21.9 Å². The molecular formula is C34H22Cl2N4O6S2. The van der Waals surface area contributed by atoms with Crippen LogP contribution in [0.3, 0.4) is 0 Å². The second-order valence-corrected chi connectivity index (χ2v) is 14.1. The molecule has 240 valence electrons. The lowest BCUT2D eigenvalue weighted by Crippen LogP contribution is -2.47. The minimum atomic E-state index is -0.522. The Morgan fingerprint density at radius 1 is 0.792 bits per heavy atom. The number of nitro groups is 2. The third-order valence-electron chi connectivity index (χ3n) is 8.38. The van der Waals surface area contributed by atoms with Gasteiger partial charge in [-0.05, 0) is 49.2 Å².